The Morgan fingerprint density at radius 2 is 1.96 bits per heavy atom. The van der Waals surface area contributed by atoms with Crippen molar-refractivity contribution in [2.24, 2.45) is 0 Å². The van der Waals surface area contributed by atoms with Gasteiger partial charge < -0.3 is 9.47 Å². The van der Waals surface area contributed by atoms with Gasteiger partial charge in [0.15, 0.2) is 0 Å². The molecule has 0 unspecified atom stereocenters. The molecule has 9 heteroatoms. The molecule has 1 aromatic heterocycles. The Morgan fingerprint density at radius 1 is 1.19 bits per heavy atom. The lowest BCUT2D eigenvalue weighted by Crippen LogP contribution is -2.25. The predicted molar refractivity (Wildman–Crippen MR) is 86.0 cm³/mol. The van der Waals surface area contributed by atoms with Crippen LogP contribution in [-0.4, -0.2) is 24.6 Å². The number of pyridine rings is 1. The Bertz CT molecular complexity index is 766. The second-order valence-electron chi connectivity index (χ2n) is 5.14. The van der Waals surface area contributed by atoms with Gasteiger partial charge >= 0.3 is 6.18 Å². The molecule has 26 heavy (non-hydrogen) atoms. The highest BCUT2D eigenvalue weighted by Gasteiger charge is 2.30. The molecule has 1 heterocycles. The summed E-state index contributed by atoms with van der Waals surface area (Å²) in [5.74, 6) is -0.549. The summed E-state index contributed by atoms with van der Waals surface area (Å²) in [6, 6.07) is 7.03. The van der Waals surface area contributed by atoms with E-state index >= 15 is 0 Å². The molecule has 0 saturated heterocycles. The van der Waals surface area contributed by atoms with Crippen LogP contribution >= 0.6 is 0 Å². The van der Waals surface area contributed by atoms with Crippen molar-refractivity contribution in [1.29, 1.82) is 0 Å². The minimum atomic E-state index is -4.50. The first-order valence-corrected chi connectivity index (χ1v) is 7.66. The minimum absolute atomic E-state index is 0.0672. The van der Waals surface area contributed by atoms with Gasteiger partial charge in [0.25, 0.3) is 5.91 Å². The van der Waals surface area contributed by atoms with Crippen molar-refractivity contribution in [2.45, 2.75) is 19.5 Å². The smallest absolute Gasteiger partial charge is 0.416 e. The van der Waals surface area contributed by atoms with Crippen molar-refractivity contribution >= 4 is 5.91 Å². The van der Waals surface area contributed by atoms with Gasteiger partial charge in [-0.25, -0.2) is 10.5 Å². The van der Waals surface area contributed by atoms with E-state index in [0.29, 0.717) is 13.0 Å². The first-order chi connectivity index (χ1) is 12.3. The van der Waals surface area contributed by atoms with Gasteiger partial charge in [0.05, 0.1) is 19.3 Å². The van der Waals surface area contributed by atoms with Crippen LogP contribution in [0.15, 0.2) is 36.4 Å². The van der Waals surface area contributed by atoms with E-state index in [1.165, 1.54) is 31.4 Å². The molecule has 0 bridgehead atoms. The topological polar surface area (TPSA) is 69.7 Å². The molecule has 0 aliphatic rings. The molecule has 1 N–H and O–H groups in total. The highest BCUT2D eigenvalue weighted by atomic mass is 19.4. The zero-order valence-electron chi connectivity index (χ0n) is 14.1. The maximum absolute atomic E-state index is 12.8. The van der Waals surface area contributed by atoms with Gasteiger partial charge in [0, 0.05) is 12.1 Å². The molecule has 1 aromatic carbocycles. The van der Waals surface area contributed by atoms with E-state index < -0.39 is 17.6 Å². The van der Waals surface area contributed by atoms with Crippen molar-refractivity contribution in [3.05, 3.63) is 47.7 Å². The summed E-state index contributed by atoms with van der Waals surface area (Å²) in [6.45, 7) is 2.19. The van der Waals surface area contributed by atoms with Crippen LogP contribution < -0.4 is 15.0 Å². The molecule has 2 rings (SSSR count). The van der Waals surface area contributed by atoms with Crippen molar-refractivity contribution < 1.29 is 32.3 Å². The first kappa shape index (κ1) is 19.5. The molecule has 2 aromatic rings. The largest absolute Gasteiger partial charge is 0.496 e. The molecule has 0 aliphatic heterocycles. The van der Waals surface area contributed by atoms with Crippen LogP contribution in [0, 0.1) is 0 Å². The van der Waals surface area contributed by atoms with E-state index in [2.05, 4.69) is 10.5 Å². The highest BCUT2D eigenvalue weighted by molar-refractivity contribution is 5.92. The number of alkyl halides is 3. The SMILES string of the molecule is CCCONC(=O)c1cc(OC)cc(Oc2cccc(C(F)(F)F)c2)n1. The molecular weight excluding hydrogens is 353 g/mol. The third kappa shape index (κ3) is 5.35. The van der Waals surface area contributed by atoms with E-state index in [-0.39, 0.29) is 23.1 Å². The van der Waals surface area contributed by atoms with E-state index in [1.54, 1.807) is 0 Å². The molecule has 6 nitrogen and oxygen atoms in total. The molecule has 1 amide bonds. The van der Waals surface area contributed by atoms with E-state index in [1.807, 2.05) is 6.92 Å². The highest BCUT2D eigenvalue weighted by Crippen LogP contribution is 2.33. The second kappa shape index (κ2) is 8.52. The number of nitrogens with zero attached hydrogens (tertiary/aromatic N) is 1. The standard InChI is InChI=1S/C17H17F3N2O4/c1-3-7-25-22-16(23)14-9-13(24-2)10-15(21-14)26-12-6-4-5-11(8-12)17(18,19)20/h4-6,8-10H,3,7H2,1-2H3,(H,22,23). The fourth-order valence-corrected chi connectivity index (χ4v) is 1.90. The molecular formula is C17H17F3N2O4. The van der Waals surface area contributed by atoms with Crippen LogP contribution in [0.3, 0.4) is 0 Å². The summed E-state index contributed by atoms with van der Waals surface area (Å²) < 4.78 is 48.8. The van der Waals surface area contributed by atoms with E-state index in [9.17, 15) is 18.0 Å². The third-order valence-corrected chi connectivity index (χ3v) is 3.10. The van der Waals surface area contributed by atoms with Gasteiger partial charge in [-0.2, -0.15) is 13.2 Å². The van der Waals surface area contributed by atoms with Gasteiger partial charge in [0.1, 0.15) is 17.2 Å². The molecule has 0 spiro atoms. The van der Waals surface area contributed by atoms with Gasteiger partial charge in [0.2, 0.25) is 5.88 Å². The predicted octanol–water partition coefficient (Wildman–Crippen LogP) is 3.97. The Labute approximate surface area is 147 Å². The van der Waals surface area contributed by atoms with Crippen molar-refractivity contribution in [3.8, 4) is 17.4 Å². The first-order valence-electron chi connectivity index (χ1n) is 7.66. The van der Waals surface area contributed by atoms with Crippen molar-refractivity contribution in [1.82, 2.24) is 10.5 Å². The van der Waals surface area contributed by atoms with Gasteiger partial charge in [-0.15, -0.1) is 0 Å². The number of hydroxylamine groups is 1. The summed E-state index contributed by atoms with van der Waals surface area (Å²) in [7, 11) is 1.37. The van der Waals surface area contributed by atoms with Gasteiger partial charge in [-0.05, 0) is 24.6 Å². The fourth-order valence-electron chi connectivity index (χ4n) is 1.90. The summed E-state index contributed by atoms with van der Waals surface area (Å²) in [6.07, 6.45) is -3.79. The number of amides is 1. The average Bonchev–Trinajstić information content (AvgIpc) is 2.61. The molecule has 0 fully saturated rings. The molecule has 0 aliphatic carbocycles. The maximum Gasteiger partial charge on any atom is 0.416 e. The molecule has 140 valence electrons. The molecule has 0 saturated carbocycles. The number of carbonyl (C=O) groups is 1. The lowest BCUT2D eigenvalue weighted by molar-refractivity contribution is -0.137. The van der Waals surface area contributed by atoms with Crippen molar-refractivity contribution in [3.63, 3.8) is 0 Å². The van der Waals surface area contributed by atoms with E-state index in [0.717, 1.165) is 12.1 Å². The Balaban J connectivity index is 2.24. The number of hydrogen-bond donors (Lipinski definition) is 1. The van der Waals surface area contributed by atoms with Gasteiger partial charge in [-0.3, -0.25) is 9.63 Å². The number of aromatic nitrogens is 1. The summed E-state index contributed by atoms with van der Waals surface area (Å²) in [5, 5.41) is 0. The quantitative estimate of drug-likeness (QED) is 0.590. The third-order valence-electron chi connectivity index (χ3n) is 3.10. The van der Waals surface area contributed by atoms with Gasteiger partial charge in [-0.1, -0.05) is 13.0 Å². The maximum atomic E-state index is 12.8. The number of rotatable bonds is 7. The van der Waals surface area contributed by atoms with Crippen LogP contribution in [0.5, 0.6) is 17.4 Å². The zero-order chi connectivity index (χ0) is 19.2. The Morgan fingerprint density at radius 3 is 2.62 bits per heavy atom. The van der Waals surface area contributed by atoms with Crippen LogP contribution in [0.2, 0.25) is 0 Å². The van der Waals surface area contributed by atoms with Crippen molar-refractivity contribution in [2.75, 3.05) is 13.7 Å². The fraction of sp³-hybridized carbons (Fsp3) is 0.294. The molecule has 0 atom stereocenters. The number of hydrogen-bond acceptors (Lipinski definition) is 5. The summed E-state index contributed by atoms with van der Waals surface area (Å²) in [4.78, 5) is 20.9. The second-order valence-corrected chi connectivity index (χ2v) is 5.14. The number of ether oxygens (including phenoxy) is 2. The Kier molecular flexibility index (Phi) is 6.40. The van der Waals surface area contributed by atoms with Crippen LogP contribution in [0.1, 0.15) is 29.4 Å². The van der Waals surface area contributed by atoms with E-state index in [4.69, 9.17) is 14.3 Å². The van der Waals surface area contributed by atoms with Crippen LogP contribution in [0.4, 0.5) is 13.2 Å². The summed E-state index contributed by atoms with van der Waals surface area (Å²) >= 11 is 0. The monoisotopic (exact) mass is 370 g/mol. The number of carbonyl (C=O) groups excluding carboxylic acids is 1. The number of nitrogens with one attached hydrogen (secondary N) is 1. The molecule has 0 radical (unpaired) electrons. The number of methoxy groups -OCH3 is 1. The number of halogens is 3. The zero-order valence-corrected chi connectivity index (χ0v) is 14.1. The normalized spacial score (nSPS) is 11.1. The Hall–Kier alpha value is -2.81. The van der Waals surface area contributed by atoms with Crippen LogP contribution in [0.25, 0.3) is 0 Å². The van der Waals surface area contributed by atoms with Crippen LogP contribution in [-0.2, 0) is 11.0 Å². The lowest BCUT2D eigenvalue weighted by Gasteiger charge is -2.11. The average molecular weight is 370 g/mol. The minimum Gasteiger partial charge on any atom is -0.496 e. The summed E-state index contributed by atoms with van der Waals surface area (Å²) in [5.41, 5.74) is 1.29. The lowest BCUT2D eigenvalue weighted by atomic mass is 10.2. The number of benzene rings is 1.